The Morgan fingerprint density at radius 1 is 1.35 bits per heavy atom. The summed E-state index contributed by atoms with van der Waals surface area (Å²) in [6.45, 7) is 6.64. The maximum atomic E-state index is 12.4. The zero-order chi connectivity index (χ0) is 14.7. The van der Waals surface area contributed by atoms with Gasteiger partial charge in [-0.25, -0.2) is 0 Å². The van der Waals surface area contributed by atoms with Crippen LogP contribution in [-0.2, 0) is 11.3 Å². The smallest absolute Gasteiger partial charge is 0.242 e. The third-order valence-corrected chi connectivity index (χ3v) is 3.60. The fourth-order valence-electron chi connectivity index (χ4n) is 2.56. The van der Waals surface area contributed by atoms with E-state index in [4.69, 9.17) is 5.11 Å². The highest BCUT2D eigenvalue weighted by Gasteiger charge is 2.18. The molecule has 0 radical (unpaired) electrons. The van der Waals surface area contributed by atoms with Crippen molar-refractivity contribution in [3.63, 3.8) is 0 Å². The van der Waals surface area contributed by atoms with Crippen LogP contribution in [0, 0.1) is 6.92 Å². The predicted molar refractivity (Wildman–Crippen MR) is 80.6 cm³/mol. The van der Waals surface area contributed by atoms with Gasteiger partial charge in [0.05, 0.1) is 6.61 Å². The SMILES string of the molecule is Cc1cc2ccccc2n1CC(=O)N(CCO)C(C)C. The molecule has 4 nitrogen and oxygen atoms in total. The van der Waals surface area contributed by atoms with Gasteiger partial charge < -0.3 is 14.6 Å². The molecule has 0 fully saturated rings. The molecule has 2 rings (SSSR count). The van der Waals surface area contributed by atoms with Crippen molar-refractivity contribution < 1.29 is 9.90 Å². The summed E-state index contributed by atoms with van der Waals surface area (Å²) >= 11 is 0. The van der Waals surface area contributed by atoms with Crippen molar-refractivity contribution in [2.75, 3.05) is 13.2 Å². The summed E-state index contributed by atoms with van der Waals surface area (Å²) in [5.41, 5.74) is 2.15. The van der Waals surface area contributed by atoms with Crippen LogP contribution >= 0.6 is 0 Å². The molecule has 0 aliphatic rings. The highest BCUT2D eigenvalue weighted by Crippen LogP contribution is 2.19. The van der Waals surface area contributed by atoms with Gasteiger partial charge in [0.15, 0.2) is 0 Å². The topological polar surface area (TPSA) is 45.5 Å². The van der Waals surface area contributed by atoms with Crippen LogP contribution in [-0.4, -0.2) is 39.7 Å². The van der Waals surface area contributed by atoms with Gasteiger partial charge in [0.1, 0.15) is 6.54 Å². The summed E-state index contributed by atoms with van der Waals surface area (Å²) in [6, 6.07) is 10.3. The van der Waals surface area contributed by atoms with Crippen LogP contribution in [0.15, 0.2) is 30.3 Å². The molecule has 1 amide bonds. The van der Waals surface area contributed by atoms with Crippen molar-refractivity contribution in [1.29, 1.82) is 0 Å². The normalized spacial score (nSPS) is 11.2. The monoisotopic (exact) mass is 274 g/mol. The number of aromatic nitrogens is 1. The number of rotatable bonds is 5. The van der Waals surface area contributed by atoms with Gasteiger partial charge in [-0.05, 0) is 38.3 Å². The van der Waals surface area contributed by atoms with Gasteiger partial charge in [-0.1, -0.05) is 18.2 Å². The summed E-state index contributed by atoms with van der Waals surface area (Å²) in [5, 5.41) is 10.2. The molecule has 108 valence electrons. The second-order valence-corrected chi connectivity index (χ2v) is 5.34. The number of carbonyl (C=O) groups excluding carboxylic acids is 1. The van der Waals surface area contributed by atoms with Crippen molar-refractivity contribution in [1.82, 2.24) is 9.47 Å². The molecule has 0 saturated heterocycles. The highest BCUT2D eigenvalue weighted by molar-refractivity contribution is 5.84. The first-order chi connectivity index (χ1) is 9.54. The van der Waals surface area contributed by atoms with E-state index < -0.39 is 0 Å². The van der Waals surface area contributed by atoms with E-state index >= 15 is 0 Å². The Morgan fingerprint density at radius 2 is 2.05 bits per heavy atom. The average Bonchev–Trinajstić information content (AvgIpc) is 2.72. The van der Waals surface area contributed by atoms with Gasteiger partial charge in [0, 0.05) is 23.8 Å². The summed E-state index contributed by atoms with van der Waals surface area (Å²) in [7, 11) is 0. The van der Waals surface area contributed by atoms with E-state index in [0.717, 1.165) is 16.6 Å². The summed E-state index contributed by atoms with van der Waals surface area (Å²) in [4.78, 5) is 14.1. The number of amides is 1. The molecular formula is C16H22N2O2. The second kappa shape index (κ2) is 6.09. The lowest BCUT2D eigenvalue weighted by molar-refractivity contribution is -0.134. The average molecular weight is 274 g/mol. The lowest BCUT2D eigenvalue weighted by Gasteiger charge is -2.26. The van der Waals surface area contributed by atoms with Crippen LogP contribution in [0.5, 0.6) is 0 Å². The number of aliphatic hydroxyl groups excluding tert-OH is 1. The van der Waals surface area contributed by atoms with Gasteiger partial charge in [-0.2, -0.15) is 0 Å². The van der Waals surface area contributed by atoms with Crippen LogP contribution in [0.2, 0.25) is 0 Å². The fraction of sp³-hybridized carbons (Fsp3) is 0.438. The lowest BCUT2D eigenvalue weighted by Crippen LogP contribution is -2.41. The molecule has 0 unspecified atom stereocenters. The lowest BCUT2D eigenvalue weighted by atomic mass is 10.2. The molecule has 0 aliphatic carbocycles. The quantitative estimate of drug-likeness (QED) is 0.908. The Labute approximate surface area is 119 Å². The molecule has 2 aromatic rings. The largest absolute Gasteiger partial charge is 0.395 e. The minimum absolute atomic E-state index is 0.00463. The molecule has 20 heavy (non-hydrogen) atoms. The Hall–Kier alpha value is -1.81. The van der Waals surface area contributed by atoms with Crippen LogP contribution in [0.25, 0.3) is 10.9 Å². The molecule has 1 N–H and O–H groups in total. The minimum Gasteiger partial charge on any atom is -0.395 e. The Balaban J connectivity index is 2.27. The number of hydrogen-bond donors (Lipinski definition) is 1. The molecule has 0 aliphatic heterocycles. The number of benzene rings is 1. The summed E-state index contributed by atoms with van der Waals surface area (Å²) in [6.07, 6.45) is 0. The van der Waals surface area contributed by atoms with Gasteiger partial charge in [-0.3, -0.25) is 4.79 Å². The van der Waals surface area contributed by atoms with Crippen LogP contribution in [0.3, 0.4) is 0 Å². The van der Waals surface area contributed by atoms with Crippen LogP contribution in [0.1, 0.15) is 19.5 Å². The number of aliphatic hydroxyl groups is 1. The van der Waals surface area contributed by atoms with Crippen molar-refractivity contribution in [2.24, 2.45) is 0 Å². The molecule has 4 heteroatoms. The molecular weight excluding hydrogens is 252 g/mol. The molecule has 0 saturated carbocycles. The number of aryl methyl sites for hydroxylation is 1. The number of hydrogen-bond acceptors (Lipinski definition) is 2. The highest BCUT2D eigenvalue weighted by atomic mass is 16.3. The second-order valence-electron chi connectivity index (χ2n) is 5.34. The van der Waals surface area contributed by atoms with E-state index in [1.54, 1.807) is 4.90 Å². The zero-order valence-corrected chi connectivity index (χ0v) is 12.3. The first-order valence-corrected chi connectivity index (χ1v) is 6.99. The van der Waals surface area contributed by atoms with Crippen molar-refractivity contribution >= 4 is 16.8 Å². The van der Waals surface area contributed by atoms with E-state index in [1.165, 1.54) is 0 Å². The summed E-state index contributed by atoms with van der Waals surface area (Å²) in [5.74, 6) is 0.0403. The third-order valence-electron chi connectivity index (χ3n) is 3.60. The molecule has 0 spiro atoms. The molecule has 1 aromatic heterocycles. The van der Waals surface area contributed by atoms with Crippen molar-refractivity contribution in [3.8, 4) is 0 Å². The number of fused-ring (bicyclic) bond motifs is 1. The van der Waals surface area contributed by atoms with E-state index in [2.05, 4.69) is 12.1 Å². The zero-order valence-electron chi connectivity index (χ0n) is 12.3. The number of nitrogens with zero attached hydrogens (tertiary/aromatic N) is 2. The van der Waals surface area contributed by atoms with Gasteiger partial charge in [-0.15, -0.1) is 0 Å². The van der Waals surface area contributed by atoms with E-state index in [-0.39, 0.29) is 18.6 Å². The molecule has 1 heterocycles. The Bertz CT molecular complexity index is 602. The molecule has 1 aromatic carbocycles. The molecule has 0 atom stereocenters. The standard InChI is InChI=1S/C16H22N2O2/c1-12(2)17(8-9-19)16(20)11-18-13(3)10-14-6-4-5-7-15(14)18/h4-7,10,12,19H,8-9,11H2,1-3H3. The van der Waals surface area contributed by atoms with Crippen LogP contribution in [0.4, 0.5) is 0 Å². The maximum Gasteiger partial charge on any atom is 0.242 e. The maximum absolute atomic E-state index is 12.4. The van der Waals surface area contributed by atoms with Gasteiger partial charge in [0.25, 0.3) is 0 Å². The van der Waals surface area contributed by atoms with Crippen molar-refractivity contribution in [3.05, 3.63) is 36.0 Å². The van der Waals surface area contributed by atoms with Crippen molar-refractivity contribution in [2.45, 2.75) is 33.4 Å². The number of para-hydroxylation sites is 1. The van der Waals surface area contributed by atoms with E-state index in [9.17, 15) is 4.79 Å². The van der Waals surface area contributed by atoms with E-state index in [0.29, 0.717) is 13.1 Å². The predicted octanol–water partition coefficient (Wildman–Crippen LogP) is 2.18. The minimum atomic E-state index is -0.00463. The third kappa shape index (κ3) is 2.85. The Kier molecular flexibility index (Phi) is 4.45. The van der Waals surface area contributed by atoms with Gasteiger partial charge in [0.2, 0.25) is 5.91 Å². The first-order valence-electron chi connectivity index (χ1n) is 6.99. The Morgan fingerprint density at radius 3 is 2.70 bits per heavy atom. The van der Waals surface area contributed by atoms with E-state index in [1.807, 2.05) is 43.5 Å². The fourth-order valence-corrected chi connectivity index (χ4v) is 2.56. The van der Waals surface area contributed by atoms with Gasteiger partial charge >= 0.3 is 0 Å². The number of carbonyl (C=O) groups is 1. The molecule has 0 bridgehead atoms. The first kappa shape index (κ1) is 14.6. The summed E-state index contributed by atoms with van der Waals surface area (Å²) < 4.78 is 2.03. The van der Waals surface area contributed by atoms with Crippen LogP contribution < -0.4 is 0 Å².